The van der Waals surface area contributed by atoms with E-state index in [0.717, 1.165) is 11.1 Å². The number of sulfonamides is 1. The first kappa shape index (κ1) is 22.0. The van der Waals surface area contributed by atoms with Gasteiger partial charge in [0.15, 0.2) is 0 Å². The first-order chi connectivity index (χ1) is 15.8. The zero-order valence-electron chi connectivity index (χ0n) is 17.6. The van der Waals surface area contributed by atoms with Gasteiger partial charge in [0.2, 0.25) is 0 Å². The molecule has 0 saturated carbocycles. The van der Waals surface area contributed by atoms with Crippen molar-refractivity contribution in [2.24, 2.45) is 0 Å². The van der Waals surface area contributed by atoms with E-state index in [-0.39, 0.29) is 16.3 Å². The van der Waals surface area contributed by atoms with Gasteiger partial charge in [-0.15, -0.1) is 0 Å². The topological polar surface area (TPSA) is 98.5 Å². The fourth-order valence-electron chi connectivity index (χ4n) is 3.27. The molecule has 4 aromatic carbocycles. The molecular weight excluding hydrogens is 440 g/mol. The highest BCUT2D eigenvalue weighted by Gasteiger charge is 2.22. The maximum Gasteiger partial charge on any atom is 0.293 e. The first-order valence-corrected chi connectivity index (χ1v) is 11.5. The van der Waals surface area contributed by atoms with E-state index < -0.39 is 14.9 Å². The van der Waals surface area contributed by atoms with Crippen LogP contribution in [0.5, 0.6) is 11.5 Å². The summed E-state index contributed by atoms with van der Waals surface area (Å²) in [4.78, 5) is 11.0. The lowest BCUT2D eigenvalue weighted by Gasteiger charge is -2.11. The Kier molecular flexibility index (Phi) is 6.10. The Hall–Kier alpha value is -4.17. The van der Waals surface area contributed by atoms with Crippen LogP contribution in [0.2, 0.25) is 0 Å². The maximum atomic E-state index is 12.9. The third kappa shape index (κ3) is 5.02. The molecule has 0 fully saturated rings. The average molecular weight is 461 g/mol. The molecule has 0 aliphatic heterocycles. The van der Waals surface area contributed by atoms with E-state index in [4.69, 9.17) is 4.74 Å². The number of hydrogen-bond donors (Lipinski definition) is 1. The smallest absolute Gasteiger partial charge is 0.293 e. The fraction of sp³-hybridized carbons (Fsp3) is 0.0400. The van der Waals surface area contributed by atoms with Gasteiger partial charge in [0, 0.05) is 6.07 Å². The minimum Gasteiger partial charge on any atom is -0.457 e. The second-order valence-corrected chi connectivity index (χ2v) is 8.98. The monoisotopic (exact) mass is 460 g/mol. The van der Waals surface area contributed by atoms with Crippen molar-refractivity contribution in [2.75, 3.05) is 4.72 Å². The van der Waals surface area contributed by atoms with E-state index in [1.54, 1.807) is 6.07 Å². The number of ether oxygens (including phenoxy) is 1. The normalized spacial score (nSPS) is 11.1. The highest BCUT2D eigenvalue weighted by atomic mass is 32.2. The van der Waals surface area contributed by atoms with Crippen LogP contribution in [0.4, 0.5) is 11.4 Å². The maximum absolute atomic E-state index is 12.9. The number of hydrogen-bond acceptors (Lipinski definition) is 5. The Bertz CT molecular complexity index is 1400. The number of benzene rings is 4. The van der Waals surface area contributed by atoms with Crippen molar-refractivity contribution < 1.29 is 18.1 Å². The largest absolute Gasteiger partial charge is 0.457 e. The number of aryl methyl sites for hydroxylation is 1. The van der Waals surface area contributed by atoms with Crippen molar-refractivity contribution in [1.29, 1.82) is 0 Å². The third-order valence-corrected chi connectivity index (χ3v) is 6.38. The van der Waals surface area contributed by atoms with Crippen molar-refractivity contribution >= 4 is 21.4 Å². The fourth-order valence-corrected chi connectivity index (χ4v) is 4.34. The lowest BCUT2D eigenvalue weighted by molar-refractivity contribution is -0.383. The Labute approximate surface area is 191 Å². The Morgan fingerprint density at radius 2 is 1.48 bits per heavy atom. The van der Waals surface area contributed by atoms with Crippen LogP contribution >= 0.6 is 0 Å². The van der Waals surface area contributed by atoms with E-state index in [9.17, 15) is 18.5 Å². The zero-order valence-corrected chi connectivity index (χ0v) is 18.5. The summed E-state index contributed by atoms with van der Waals surface area (Å²) in [6.07, 6.45) is 0. The molecule has 0 unspecified atom stereocenters. The highest BCUT2D eigenvalue weighted by molar-refractivity contribution is 7.92. The van der Waals surface area contributed by atoms with Crippen LogP contribution in [0.25, 0.3) is 11.1 Å². The molecule has 0 aliphatic carbocycles. The van der Waals surface area contributed by atoms with Crippen molar-refractivity contribution in [1.82, 2.24) is 0 Å². The number of para-hydroxylation sites is 1. The number of nitro benzene ring substituents is 1. The Morgan fingerprint density at radius 3 is 2.15 bits per heavy atom. The van der Waals surface area contributed by atoms with E-state index in [0.29, 0.717) is 17.1 Å². The summed E-state index contributed by atoms with van der Waals surface area (Å²) < 4.78 is 33.9. The van der Waals surface area contributed by atoms with Crippen molar-refractivity contribution in [3.63, 3.8) is 0 Å². The van der Waals surface area contributed by atoms with Crippen molar-refractivity contribution in [2.45, 2.75) is 11.8 Å². The van der Waals surface area contributed by atoms with Gasteiger partial charge in [0.05, 0.1) is 9.82 Å². The van der Waals surface area contributed by atoms with Gasteiger partial charge in [0.25, 0.3) is 15.7 Å². The minimum absolute atomic E-state index is 0.0407. The lowest BCUT2D eigenvalue weighted by Crippen LogP contribution is -2.14. The van der Waals surface area contributed by atoms with Crippen LogP contribution < -0.4 is 9.46 Å². The van der Waals surface area contributed by atoms with Gasteiger partial charge in [-0.3, -0.25) is 14.8 Å². The summed E-state index contributed by atoms with van der Waals surface area (Å²) in [5, 5.41) is 11.6. The molecule has 0 bridgehead atoms. The number of nitrogens with zero attached hydrogens (tertiary/aromatic N) is 1. The predicted octanol–water partition coefficient (Wildman–Crippen LogP) is 6.16. The molecule has 0 aliphatic rings. The molecule has 0 spiro atoms. The molecule has 0 aromatic heterocycles. The van der Waals surface area contributed by atoms with Crippen molar-refractivity contribution in [3.8, 4) is 22.6 Å². The van der Waals surface area contributed by atoms with E-state index in [2.05, 4.69) is 4.72 Å². The minimum atomic E-state index is -4.05. The number of rotatable bonds is 7. The molecule has 4 rings (SSSR count). The van der Waals surface area contributed by atoms with Crippen LogP contribution in [-0.4, -0.2) is 13.3 Å². The molecule has 0 atom stereocenters. The summed E-state index contributed by atoms with van der Waals surface area (Å²) >= 11 is 0. The van der Waals surface area contributed by atoms with Crippen molar-refractivity contribution in [3.05, 3.63) is 113 Å². The molecule has 0 radical (unpaired) electrons. The first-order valence-electron chi connectivity index (χ1n) is 10.0. The molecule has 7 nitrogen and oxygen atoms in total. The van der Waals surface area contributed by atoms with Gasteiger partial charge < -0.3 is 4.74 Å². The van der Waals surface area contributed by atoms with Crippen LogP contribution in [0.1, 0.15) is 5.56 Å². The summed E-state index contributed by atoms with van der Waals surface area (Å²) in [7, 11) is -4.05. The molecule has 0 saturated heterocycles. The summed E-state index contributed by atoms with van der Waals surface area (Å²) in [5.74, 6) is 1.14. The highest BCUT2D eigenvalue weighted by Crippen LogP contribution is 2.32. The average Bonchev–Trinajstić information content (AvgIpc) is 2.81. The molecule has 8 heteroatoms. The molecule has 166 valence electrons. The summed E-state index contributed by atoms with van der Waals surface area (Å²) in [6.45, 7) is 1.91. The zero-order chi connectivity index (χ0) is 23.4. The van der Waals surface area contributed by atoms with E-state index >= 15 is 0 Å². The predicted molar refractivity (Wildman–Crippen MR) is 127 cm³/mol. The van der Waals surface area contributed by atoms with Gasteiger partial charge >= 0.3 is 0 Å². The molecule has 4 aromatic rings. The number of nitrogens with one attached hydrogen (secondary N) is 1. The Balaban J connectivity index is 1.58. The van der Waals surface area contributed by atoms with Gasteiger partial charge in [-0.25, -0.2) is 8.42 Å². The molecule has 1 N–H and O–H groups in total. The standard InChI is InChI=1S/C25H20N2O5S/c1-18-7-5-6-10-25(18)32-21-12-14-22(15-13-21)33(30,31)26-23-16-11-20(17-24(23)27(28)29)19-8-3-2-4-9-19/h2-17,26H,1H3. The second-order valence-electron chi connectivity index (χ2n) is 7.30. The van der Waals surface area contributed by atoms with E-state index in [1.165, 1.54) is 36.4 Å². The number of anilines is 1. The quantitative estimate of drug-likeness (QED) is 0.263. The van der Waals surface area contributed by atoms with Gasteiger partial charge in [0.1, 0.15) is 17.2 Å². The molecular formula is C25H20N2O5S. The van der Waals surface area contributed by atoms with Gasteiger partial charge in [-0.05, 0) is 60.0 Å². The van der Waals surface area contributed by atoms with Crippen LogP contribution in [-0.2, 0) is 10.0 Å². The molecule has 0 heterocycles. The second kappa shape index (κ2) is 9.13. The summed E-state index contributed by atoms with van der Waals surface area (Å²) in [5.41, 5.74) is 1.91. The summed E-state index contributed by atoms with van der Waals surface area (Å²) in [6, 6.07) is 26.9. The molecule has 33 heavy (non-hydrogen) atoms. The lowest BCUT2D eigenvalue weighted by atomic mass is 10.0. The van der Waals surface area contributed by atoms with Crippen LogP contribution in [0, 0.1) is 17.0 Å². The Morgan fingerprint density at radius 1 is 0.818 bits per heavy atom. The van der Waals surface area contributed by atoms with E-state index in [1.807, 2.05) is 61.5 Å². The number of nitro groups is 1. The van der Waals surface area contributed by atoms with Gasteiger partial charge in [-0.2, -0.15) is 0 Å². The molecule has 0 amide bonds. The van der Waals surface area contributed by atoms with Crippen LogP contribution in [0.3, 0.4) is 0 Å². The van der Waals surface area contributed by atoms with Crippen LogP contribution in [0.15, 0.2) is 102 Å². The SMILES string of the molecule is Cc1ccccc1Oc1ccc(S(=O)(=O)Nc2ccc(-c3ccccc3)cc2[N+](=O)[O-])cc1. The van der Waals surface area contributed by atoms with Gasteiger partial charge in [-0.1, -0.05) is 54.6 Å². The third-order valence-electron chi connectivity index (χ3n) is 5.00.